The third-order valence-corrected chi connectivity index (χ3v) is 5.44. The first kappa shape index (κ1) is 15.0. The molecule has 0 saturated carbocycles. The summed E-state index contributed by atoms with van der Waals surface area (Å²) in [4.78, 5) is 11.0. The molecular weight excluding hydrogens is 348 g/mol. The van der Waals surface area contributed by atoms with E-state index in [1.165, 1.54) is 18.2 Å². The molecule has 0 aliphatic carbocycles. The molecule has 0 amide bonds. The zero-order chi connectivity index (χ0) is 14.9. The lowest BCUT2D eigenvalue weighted by Crippen LogP contribution is -2.40. The molecule has 0 bridgehead atoms. The van der Waals surface area contributed by atoms with Gasteiger partial charge in [0.15, 0.2) is 0 Å². The van der Waals surface area contributed by atoms with Crippen LogP contribution in [0.15, 0.2) is 27.6 Å². The number of carbonyl (C=O) groups is 1. The van der Waals surface area contributed by atoms with Crippen molar-refractivity contribution in [1.29, 1.82) is 5.26 Å². The lowest BCUT2D eigenvalue weighted by Gasteiger charge is -2.21. The molecule has 1 saturated heterocycles. The highest BCUT2D eigenvalue weighted by atomic mass is 79.9. The summed E-state index contributed by atoms with van der Waals surface area (Å²) in [6, 6.07) is 4.95. The van der Waals surface area contributed by atoms with Gasteiger partial charge in [-0.1, -0.05) is 15.9 Å². The molecule has 1 aliphatic rings. The largest absolute Gasteiger partial charge is 0.480 e. The van der Waals surface area contributed by atoms with E-state index in [9.17, 15) is 13.2 Å². The van der Waals surface area contributed by atoms with E-state index < -0.39 is 22.0 Å². The molecule has 8 heteroatoms. The van der Waals surface area contributed by atoms with Crippen LogP contribution in [0.5, 0.6) is 0 Å². The summed E-state index contributed by atoms with van der Waals surface area (Å²) in [6.45, 7) is 0.174. The molecule has 1 aromatic rings. The third-order valence-electron chi connectivity index (χ3n) is 3.10. The zero-order valence-electron chi connectivity index (χ0n) is 10.3. The Morgan fingerprint density at radius 3 is 2.75 bits per heavy atom. The van der Waals surface area contributed by atoms with Crippen LogP contribution in [-0.2, 0) is 14.8 Å². The van der Waals surface area contributed by atoms with Crippen LogP contribution < -0.4 is 0 Å². The van der Waals surface area contributed by atoms with Crippen molar-refractivity contribution in [3.05, 3.63) is 28.2 Å². The van der Waals surface area contributed by atoms with Gasteiger partial charge >= 0.3 is 5.97 Å². The number of nitrogens with zero attached hydrogens (tertiary/aromatic N) is 2. The number of carboxylic acid groups (broad SMARTS) is 1. The Kier molecular flexibility index (Phi) is 4.13. The Hall–Kier alpha value is -1.43. The Labute approximate surface area is 124 Å². The Morgan fingerprint density at radius 2 is 2.15 bits per heavy atom. The maximum absolute atomic E-state index is 12.5. The second kappa shape index (κ2) is 5.52. The summed E-state index contributed by atoms with van der Waals surface area (Å²) in [5, 5.41) is 18.0. The fourth-order valence-electron chi connectivity index (χ4n) is 2.19. The van der Waals surface area contributed by atoms with Gasteiger partial charge in [0.05, 0.1) is 16.5 Å². The first-order chi connectivity index (χ1) is 9.36. The Morgan fingerprint density at radius 1 is 1.45 bits per heavy atom. The van der Waals surface area contributed by atoms with Crippen molar-refractivity contribution in [3.63, 3.8) is 0 Å². The molecule has 20 heavy (non-hydrogen) atoms. The van der Waals surface area contributed by atoms with Crippen molar-refractivity contribution in [2.24, 2.45) is 0 Å². The fraction of sp³-hybridized carbons (Fsp3) is 0.333. The molecule has 1 fully saturated rings. The van der Waals surface area contributed by atoms with Gasteiger partial charge in [-0.05, 0) is 31.0 Å². The predicted octanol–water partition coefficient (Wildman–Crippen LogP) is 1.56. The molecule has 1 heterocycles. The van der Waals surface area contributed by atoms with Crippen LogP contribution in [0.2, 0.25) is 0 Å². The van der Waals surface area contributed by atoms with Crippen molar-refractivity contribution < 1.29 is 18.3 Å². The summed E-state index contributed by atoms with van der Waals surface area (Å²) < 4.78 is 26.4. The number of sulfonamides is 1. The molecule has 1 N–H and O–H groups in total. The predicted molar refractivity (Wildman–Crippen MR) is 73.4 cm³/mol. The van der Waals surface area contributed by atoms with Crippen molar-refractivity contribution in [2.45, 2.75) is 23.8 Å². The SMILES string of the molecule is N#Cc1cc(Br)cc(S(=O)(=O)N2CCC[C@H]2C(=O)O)c1. The number of nitriles is 1. The minimum atomic E-state index is -3.92. The van der Waals surface area contributed by atoms with Gasteiger partial charge in [-0.15, -0.1) is 0 Å². The van der Waals surface area contributed by atoms with E-state index >= 15 is 0 Å². The van der Waals surface area contributed by atoms with E-state index in [4.69, 9.17) is 10.4 Å². The summed E-state index contributed by atoms with van der Waals surface area (Å²) >= 11 is 3.15. The van der Waals surface area contributed by atoms with Crippen LogP contribution in [0.1, 0.15) is 18.4 Å². The topological polar surface area (TPSA) is 98.5 Å². The van der Waals surface area contributed by atoms with Crippen molar-refractivity contribution in [1.82, 2.24) is 4.31 Å². The number of halogens is 1. The highest BCUT2D eigenvalue weighted by Gasteiger charge is 2.39. The van der Waals surface area contributed by atoms with Gasteiger partial charge < -0.3 is 5.11 Å². The number of carboxylic acids is 1. The molecule has 6 nitrogen and oxygen atoms in total. The highest BCUT2D eigenvalue weighted by molar-refractivity contribution is 9.10. The smallest absolute Gasteiger partial charge is 0.322 e. The van der Waals surface area contributed by atoms with Crippen molar-refractivity contribution in [2.75, 3.05) is 6.54 Å². The molecule has 1 aromatic carbocycles. The molecule has 0 unspecified atom stereocenters. The Bertz CT molecular complexity index is 696. The highest BCUT2D eigenvalue weighted by Crippen LogP contribution is 2.28. The minimum Gasteiger partial charge on any atom is -0.480 e. The van der Waals surface area contributed by atoms with Crippen LogP contribution in [-0.4, -0.2) is 36.4 Å². The summed E-state index contributed by atoms with van der Waals surface area (Å²) in [5.74, 6) is -1.15. The monoisotopic (exact) mass is 358 g/mol. The van der Waals surface area contributed by atoms with E-state index in [0.717, 1.165) is 4.31 Å². The normalized spacial score (nSPS) is 19.7. The first-order valence-corrected chi connectivity index (χ1v) is 8.05. The average Bonchev–Trinajstić information content (AvgIpc) is 2.88. The standard InChI is InChI=1S/C12H11BrN2O4S/c13-9-4-8(7-14)5-10(6-9)20(18,19)15-3-1-2-11(15)12(16)17/h4-6,11H,1-3H2,(H,16,17)/t11-/m0/s1. The van der Waals surface area contributed by atoms with Crippen LogP contribution in [0.4, 0.5) is 0 Å². The number of hydrogen-bond acceptors (Lipinski definition) is 4. The Balaban J connectivity index is 2.48. The number of aliphatic carboxylic acids is 1. The molecular formula is C12H11BrN2O4S. The van der Waals surface area contributed by atoms with Gasteiger partial charge in [0.25, 0.3) is 0 Å². The number of benzene rings is 1. The quantitative estimate of drug-likeness (QED) is 0.883. The molecule has 0 spiro atoms. The summed E-state index contributed by atoms with van der Waals surface area (Å²) in [6.07, 6.45) is 0.809. The van der Waals surface area contributed by atoms with Gasteiger partial charge in [0, 0.05) is 11.0 Å². The van der Waals surface area contributed by atoms with Gasteiger partial charge in [-0.3, -0.25) is 4.79 Å². The fourth-order valence-corrected chi connectivity index (χ4v) is 4.55. The zero-order valence-corrected chi connectivity index (χ0v) is 12.7. The van der Waals surface area contributed by atoms with E-state index in [0.29, 0.717) is 17.3 Å². The molecule has 2 rings (SSSR count). The van der Waals surface area contributed by atoms with E-state index in [-0.39, 0.29) is 17.0 Å². The van der Waals surface area contributed by atoms with E-state index in [2.05, 4.69) is 15.9 Å². The summed E-state index contributed by atoms with van der Waals surface area (Å²) in [5.41, 5.74) is 0.198. The van der Waals surface area contributed by atoms with Crippen LogP contribution in [0, 0.1) is 11.3 Å². The molecule has 1 aliphatic heterocycles. The third kappa shape index (κ3) is 2.70. The molecule has 106 valence electrons. The number of hydrogen-bond donors (Lipinski definition) is 1. The second-order valence-corrected chi connectivity index (χ2v) is 7.21. The molecule has 0 aromatic heterocycles. The van der Waals surface area contributed by atoms with Crippen molar-refractivity contribution in [3.8, 4) is 6.07 Å². The maximum Gasteiger partial charge on any atom is 0.322 e. The molecule has 1 atom stereocenters. The van der Waals surface area contributed by atoms with Gasteiger partial charge in [-0.2, -0.15) is 9.57 Å². The van der Waals surface area contributed by atoms with E-state index in [1.54, 1.807) is 0 Å². The summed E-state index contributed by atoms with van der Waals surface area (Å²) in [7, 11) is -3.92. The van der Waals surface area contributed by atoms with Crippen LogP contribution >= 0.6 is 15.9 Å². The van der Waals surface area contributed by atoms with Crippen LogP contribution in [0.3, 0.4) is 0 Å². The molecule has 0 radical (unpaired) electrons. The van der Waals surface area contributed by atoms with Gasteiger partial charge in [0.2, 0.25) is 10.0 Å². The second-order valence-electron chi connectivity index (χ2n) is 4.40. The average molecular weight is 359 g/mol. The lowest BCUT2D eigenvalue weighted by atomic mass is 10.2. The first-order valence-electron chi connectivity index (χ1n) is 5.81. The van der Waals surface area contributed by atoms with Crippen LogP contribution in [0.25, 0.3) is 0 Å². The maximum atomic E-state index is 12.5. The number of rotatable bonds is 3. The lowest BCUT2D eigenvalue weighted by molar-refractivity contribution is -0.140. The van der Waals surface area contributed by atoms with Gasteiger partial charge in [-0.25, -0.2) is 8.42 Å². The van der Waals surface area contributed by atoms with Gasteiger partial charge in [0.1, 0.15) is 6.04 Å². The minimum absolute atomic E-state index is 0.0726. The van der Waals surface area contributed by atoms with E-state index in [1.807, 2.05) is 6.07 Å². The van der Waals surface area contributed by atoms with Crippen molar-refractivity contribution >= 4 is 31.9 Å².